The fourth-order valence-corrected chi connectivity index (χ4v) is 2.09. The minimum absolute atomic E-state index is 0.140. The summed E-state index contributed by atoms with van der Waals surface area (Å²) in [5, 5.41) is 2.85. The summed E-state index contributed by atoms with van der Waals surface area (Å²) < 4.78 is 5.61. The molecule has 0 bridgehead atoms. The minimum Gasteiger partial charge on any atom is -0.494 e. The third-order valence-electron chi connectivity index (χ3n) is 3.36. The summed E-state index contributed by atoms with van der Waals surface area (Å²) in [6.45, 7) is 4.87. The van der Waals surface area contributed by atoms with Gasteiger partial charge in [0.2, 0.25) is 5.91 Å². The highest BCUT2D eigenvalue weighted by atomic mass is 16.5. The van der Waals surface area contributed by atoms with Gasteiger partial charge in [-0.05, 0) is 54.8 Å². The number of anilines is 1. The van der Waals surface area contributed by atoms with Gasteiger partial charge < -0.3 is 10.1 Å². The monoisotopic (exact) mass is 309 g/mol. The van der Waals surface area contributed by atoms with E-state index in [0.717, 1.165) is 42.0 Å². The lowest BCUT2D eigenvalue weighted by Crippen LogP contribution is -2.07. The Balaban J connectivity index is 1.88. The molecule has 2 aromatic carbocycles. The topological polar surface area (TPSA) is 38.3 Å². The Bertz CT molecular complexity index is 660. The summed E-state index contributed by atoms with van der Waals surface area (Å²) >= 11 is 0. The lowest BCUT2D eigenvalue weighted by atomic mass is 10.2. The fourth-order valence-electron chi connectivity index (χ4n) is 2.09. The second kappa shape index (κ2) is 8.79. The van der Waals surface area contributed by atoms with E-state index < -0.39 is 0 Å². The van der Waals surface area contributed by atoms with Gasteiger partial charge >= 0.3 is 0 Å². The Morgan fingerprint density at radius 3 is 2.65 bits per heavy atom. The highest BCUT2D eigenvalue weighted by molar-refractivity contribution is 6.01. The van der Waals surface area contributed by atoms with E-state index >= 15 is 0 Å². The van der Waals surface area contributed by atoms with Gasteiger partial charge in [-0.25, -0.2) is 0 Å². The fraction of sp³-hybridized carbons (Fsp3) is 0.250. The summed E-state index contributed by atoms with van der Waals surface area (Å²) in [5.74, 6) is 0.721. The van der Waals surface area contributed by atoms with Gasteiger partial charge in [0.1, 0.15) is 5.75 Å². The quantitative estimate of drug-likeness (QED) is 0.588. The Morgan fingerprint density at radius 2 is 1.96 bits per heavy atom. The van der Waals surface area contributed by atoms with Crippen molar-refractivity contribution in [2.45, 2.75) is 26.7 Å². The van der Waals surface area contributed by atoms with Crippen LogP contribution in [0.5, 0.6) is 5.75 Å². The number of unbranched alkanes of at least 4 members (excludes halogenated alkanes) is 1. The molecule has 3 nitrogen and oxygen atoms in total. The summed E-state index contributed by atoms with van der Waals surface area (Å²) in [6.07, 6.45) is 5.51. The molecule has 0 unspecified atom stereocenters. The van der Waals surface area contributed by atoms with Gasteiger partial charge in [0.25, 0.3) is 0 Å². The standard InChI is InChI=1S/C20H23NO2/c1-3-4-14-23-19-11-8-17(9-12-19)10-13-20(22)21-18-7-5-6-16(2)15-18/h5-13,15H,3-4,14H2,1-2H3,(H,21,22). The highest BCUT2D eigenvalue weighted by Crippen LogP contribution is 2.14. The molecule has 0 radical (unpaired) electrons. The van der Waals surface area contributed by atoms with E-state index in [4.69, 9.17) is 4.74 Å². The summed E-state index contributed by atoms with van der Waals surface area (Å²) in [6, 6.07) is 15.5. The second-order valence-corrected chi connectivity index (χ2v) is 5.46. The largest absolute Gasteiger partial charge is 0.494 e. The van der Waals surface area contributed by atoms with Crippen LogP contribution in [0.3, 0.4) is 0 Å². The number of amides is 1. The second-order valence-electron chi connectivity index (χ2n) is 5.46. The van der Waals surface area contributed by atoms with Crippen LogP contribution in [0.1, 0.15) is 30.9 Å². The van der Waals surface area contributed by atoms with Crippen LogP contribution < -0.4 is 10.1 Å². The first-order chi connectivity index (χ1) is 11.2. The molecule has 0 saturated heterocycles. The van der Waals surface area contributed by atoms with Crippen LogP contribution in [-0.2, 0) is 4.79 Å². The average Bonchev–Trinajstić information content (AvgIpc) is 2.54. The molecule has 0 aliphatic heterocycles. The van der Waals surface area contributed by atoms with Crippen LogP contribution >= 0.6 is 0 Å². The lowest BCUT2D eigenvalue weighted by Gasteiger charge is -2.05. The van der Waals surface area contributed by atoms with Crippen molar-refractivity contribution >= 4 is 17.7 Å². The molecule has 0 heterocycles. The van der Waals surface area contributed by atoms with Gasteiger partial charge in [-0.1, -0.05) is 37.6 Å². The number of ether oxygens (including phenoxy) is 1. The number of aryl methyl sites for hydroxylation is 1. The molecule has 1 N–H and O–H groups in total. The van der Waals surface area contributed by atoms with E-state index in [0.29, 0.717) is 0 Å². The molecule has 23 heavy (non-hydrogen) atoms. The Labute approximate surface area is 138 Å². The van der Waals surface area contributed by atoms with Crippen molar-refractivity contribution in [2.24, 2.45) is 0 Å². The first kappa shape index (κ1) is 16.8. The van der Waals surface area contributed by atoms with Crippen molar-refractivity contribution in [1.29, 1.82) is 0 Å². The zero-order chi connectivity index (χ0) is 16.5. The molecule has 0 atom stereocenters. The van der Waals surface area contributed by atoms with Crippen LogP contribution in [0.4, 0.5) is 5.69 Å². The van der Waals surface area contributed by atoms with Gasteiger partial charge in [0.15, 0.2) is 0 Å². The molecule has 0 saturated carbocycles. The van der Waals surface area contributed by atoms with Gasteiger partial charge in [-0.3, -0.25) is 4.79 Å². The molecule has 0 aromatic heterocycles. The Morgan fingerprint density at radius 1 is 1.17 bits per heavy atom. The van der Waals surface area contributed by atoms with E-state index in [1.165, 1.54) is 6.08 Å². The van der Waals surface area contributed by atoms with E-state index in [2.05, 4.69) is 12.2 Å². The molecule has 1 amide bonds. The smallest absolute Gasteiger partial charge is 0.248 e. The van der Waals surface area contributed by atoms with E-state index in [-0.39, 0.29) is 5.91 Å². The first-order valence-corrected chi connectivity index (χ1v) is 7.96. The third-order valence-corrected chi connectivity index (χ3v) is 3.36. The van der Waals surface area contributed by atoms with Gasteiger partial charge in [-0.2, -0.15) is 0 Å². The van der Waals surface area contributed by atoms with E-state index in [1.807, 2.05) is 55.5 Å². The normalized spacial score (nSPS) is 10.7. The molecule has 0 spiro atoms. The van der Waals surface area contributed by atoms with Gasteiger partial charge in [0, 0.05) is 11.8 Å². The molecular formula is C20H23NO2. The molecule has 2 aromatic rings. The zero-order valence-electron chi connectivity index (χ0n) is 13.7. The van der Waals surface area contributed by atoms with Crippen molar-refractivity contribution in [3.63, 3.8) is 0 Å². The van der Waals surface area contributed by atoms with Crippen molar-refractivity contribution in [3.8, 4) is 5.75 Å². The Hall–Kier alpha value is -2.55. The van der Waals surface area contributed by atoms with Crippen molar-refractivity contribution in [2.75, 3.05) is 11.9 Å². The van der Waals surface area contributed by atoms with Crippen molar-refractivity contribution in [1.82, 2.24) is 0 Å². The molecular weight excluding hydrogens is 286 g/mol. The van der Waals surface area contributed by atoms with E-state index in [1.54, 1.807) is 6.08 Å². The predicted molar refractivity (Wildman–Crippen MR) is 95.7 cm³/mol. The first-order valence-electron chi connectivity index (χ1n) is 7.96. The maximum Gasteiger partial charge on any atom is 0.248 e. The van der Waals surface area contributed by atoms with Crippen molar-refractivity contribution in [3.05, 3.63) is 65.7 Å². The number of carbonyl (C=O) groups is 1. The number of nitrogens with one attached hydrogen (secondary N) is 1. The van der Waals surface area contributed by atoms with Gasteiger partial charge in [-0.15, -0.1) is 0 Å². The van der Waals surface area contributed by atoms with Crippen LogP contribution in [-0.4, -0.2) is 12.5 Å². The maximum atomic E-state index is 11.9. The average molecular weight is 309 g/mol. The van der Waals surface area contributed by atoms with Crippen LogP contribution in [0.2, 0.25) is 0 Å². The van der Waals surface area contributed by atoms with Crippen molar-refractivity contribution < 1.29 is 9.53 Å². The molecule has 0 fully saturated rings. The third kappa shape index (κ3) is 5.99. The summed E-state index contributed by atoms with van der Waals surface area (Å²) in [7, 11) is 0. The molecule has 2 rings (SSSR count). The van der Waals surface area contributed by atoms with Crippen LogP contribution in [0, 0.1) is 6.92 Å². The SMILES string of the molecule is CCCCOc1ccc(C=CC(=O)Nc2cccc(C)c2)cc1. The molecule has 120 valence electrons. The molecule has 0 aliphatic carbocycles. The number of rotatable bonds is 7. The number of hydrogen-bond donors (Lipinski definition) is 1. The molecule has 0 aliphatic rings. The summed E-state index contributed by atoms with van der Waals surface area (Å²) in [5.41, 5.74) is 2.89. The zero-order valence-corrected chi connectivity index (χ0v) is 13.7. The van der Waals surface area contributed by atoms with Crippen LogP contribution in [0.25, 0.3) is 6.08 Å². The van der Waals surface area contributed by atoms with E-state index in [9.17, 15) is 4.79 Å². The minimum atomic E-state index is -0.140. The number of benzene rings is 2. The number of carbonyl (C=O) groups excluding carboxylic acids is 1. The molecule has 3 heteroatoms. The number of hydrogen-bond acceptors (Lipinski definition) is 2. The summed E-state index contributed by atoms with van der Waals surface area (Å²) in [4.78, 5) is 11.9. The predicted octanol–water partition coefficient (Wildman–Crippen LogP) is 4.83. The Kier molecular flexibility index (Phi) is 6.42. The maximum absolute atomic E-state index is 11.9. The highest BCUT2D eigenvalue weighted by Gasteiger charge is 1.98. The van der Waals surface area contributed by atoms with Gasteiger partial charge in [0.05, 0.1) is 6.61 Å². The van der Waals surface area contributed by atoms with Crippen LogP contribution in [0.15, 0.2) is 54.6 Å². The lowest BCUT2D eigenvalue weighted by molar-refractivity contribution is -0.111.